The van der Waals surface area contributed by atoms with Crippen molar-refractivity contribution < 1.29 is 9.59 Å². The topological polar surface area (TPSA) is 128 Å². The maximum Gasteiger partial charge on any atom is 0.265 e. The molecule has 11 nitrogen and oxygen atoms in total. The van der Waals surface area contributed by atoms with Crippen molar-refractivity contribution in [3.63, 3.8) is 0 Å². The average Bonchev–Trinajstić information content (AvgIpc) is 3.55. The molecule has 0 saturated carbocycles. The van der Waals surface area contributed by atoms with E-state index in [1.54, 1.807) is 59.8 Å². The van der Waals surface area contributed by atoms with Crippen LogP contribution in [0.3, 0.4) is 0 Å². The Morgan fingerprint density at radius 3 is 2.56 bits per heavy atom. The zero-order valence-electron chi connectivity index (χ0n) is 22.6. The highest BCUT2D eigenvalue weighted by Gasteiger charge is 2.24. The van der Waals surface area contributed by atoms with E-state index in [-0.39, 0.29) is 17.4 Å². The molecule has 6 aromatic rings. The number of aromatic nitrogens is 6. The minimum atomic E-state index is -0.577. The minimum Gasteiger partial charge on any atom is -0.344 e. The summed E-state index contributed by atoms with van der Waals surface area (Å²) in [5, 5.41) is 15.3. The molecule has 6 rings (SSSR count). The summed E-state index contributed by atoms with van der Waals surface area (Å²) in [5.41, 5.74) is 2.97. The molecule has 2 N–H and O–H groups in total. The van der Waals surface area contributed by atoms with Crippen LogP contribution in [0.15, 0.2) is 90.2 Å². The van der Waals surface area contributed by atoms with E-state index in [0.717, 1.165) is 0 Å². The predicted octanol–water partition coefficient (Wildman–Crippen LogP) is 3.82. The zero-order valence-corrected chi connectivity index (χ0v) is 22.6. The number of nitrogens with one attached hydrogen (secondary N) is 2. The Balaban J connectivity index is 1.45. The minimum absolute atomic E-state index is 0.333. The van der Waals surface area contributed by atoms with Gasteiger partial charge in [-0.3, -0.25) is 23.6 Å². The number of fused-ring (bicyclic) bond motifs is 2. The van der Waals surface area contributed by atoms with Crippen LogP contribution < -0.4 is 16.2 Å². The molecule has 0 fully saturated rings. The van der Waals surface area contributed by atoms with Gasteiger partial charge in [-0.15, -0.1) is 0 Å². The van der Waals surface area contributed by atoms with Crippen molar-refractivity contribution in [2.24, 2.45) is 7.05 Å². The molecule has 0 saturated heterocycles. The maximum atomic E-state index is 14.2. The smallest absolute Gasteiger partial charge is 0.265 e. The van der Waals surface area contributed by atoms with Gasteiger partial charge in [0.2, 0.25) is 0 Å². The van der Waals surface area contributed by atoms with Crippen molar-refractivity contribution in [3.05, 3.63) is 118 Å². The van der Waals surface area contributed by atoms with Gasteiger partial charge in [0.05, 0.1) is 34.6 Å². The van der Waals surface area contributed by atoms with Crippen LogP contribution in [0.2, 0.25) is 0 Å². The highest BCUT2D eigenvalue weighted by Crippen LogP contribution is 2.26. The third-order valence-corrected chi connectivity index (χ3v) is 6.89. The van der Waals surface area contributed by atoms with Crippen molar-refractivity contribution in [1.29, 1.82) is 0 Å². The number of aryl methyl sites for hydroxylation is 2. The predicted molar refractivity (Wildman–Crippen MR) is 154 cm³/mol. The van der Waals surface area contributed by atoms with Crippen LogP contribution in [0.1, 0.15) is 45.1 Å². The number of carbonyl (C=O) groups is 2. The Bertz CT molecular complexity index is 2010. The number of anilines is 1. The van der Waals surface area contributed by atoms with Crippen LogP contribution in [0.4, 0.5) is 5.69 Å². The first-order chi connectivity index (χ1) is 19.8. The second-order valence-corrected chi connectivity index (χ2v) is 9.72. The Morgan fingerprint density at radius 1 is 1.00 bits per heavy atom. The van der Waals surface area contributed by atoms with Crippen LogP contribution in [0, 0.1) is 6.92 Å². The molecule has 1 atom stereocenters. The summed E-state index contributed by atoms with van der Waals surface area (Å²) in [6.45, 7) is 3.58. The van der Waals surface area contributed by atoms with Gasteiger partial charge in [0.25, 0.3) is 17.4 Å². The van der Waals surface area contributed by atoms with Gasteiger partial charge in [-0.1, -0.05) is 30.3 Å². The molecule has 0 unspecified atom stereocenters. The van der Waals surface area contributed by atoms with E-state index in [1.807, 2.05) is 49.4 Å². The fourth-order valence-corrected chi connectivity index (χ4v) is 4.99. The Morgan fingerprint density at radius 2 is 1.80 bits per heavy atom. The van der Waals surface area contributed by atoms with E-state index >= 15 is 0 Å². The number of benzene rings is 2. The Hall–Kier alpha value is -5.58. The standard InChI is InChI=1S/C30H26N8O3/c1-18(33-29(40)25-19(2)35-37-14-8-13-31-27(25)37)24-15-20-9-7-12-23(34-28(39)21-16-32-36(3)17-21)26(20)30(41)38(24)22-10-5-4-6-11-22/h4-18H,1-3H3,(H,33,40)(H,34,39)/t18-/m1/s1. The van der Waals surface area contributed by atoms with Gasteiger partial charge in [0.15, 0.2) is 5.65 Å². The van der Waals surface area contributed by atoms with E-state index in [1.165, 1.54) is 10.9 Å². The van der Waals surface area contributed by atoms with Gasteiger partial charge in [0.1, 0.15) is 5.56 Å². The Labute approximate surface area is 234 Å². The lowest BCUT2D eigenvalue weighted by atomic mass is 10.1. The molecule has 4 aromatic heterocycles. The SMILES string of the molecule is Cc1nn2cccnc2c1C(=O)N[C@H](C)c1cc2cccc(NC(=O)c3cnn(C)c3)c2c(=O)n1-c1ccccc1. The molecule has 0 aliphatic heterocycles. The Kier molecular flexibility index (Phi) is 6.38. The van der Waals surface area contributed by atoms with E-state index in [4.69, 9.17) is 0 Å². The summed E-state index contributed by atoms with van der Waals surface area (Å²) in [6, 6.07) is 17.5. The number of hydrogen-bond acceptors (Lipinski definition) is 6. The van der Waals surface area contributed by atoms with Crippen LogP contribution in [0.25, 0.3) is 22.1 Å². The van der Waals surface area contributed by atoms with Gasteiger partial charge < -0.3 is 10.6 Å². The number of para-hydroxylation sites is 1. The largest absolute Gasteiger partial charge is 0.344 e. The molecule has 0 spiro atoms. The number of amides is 2. The van der Waals surface area contributed by atoms with Gasteiger partial charge in [0, 0.05) is 37.0 Å². The molecular formula is C30H26N8O3. The van der Waals surface area contributed by atoms with Gasteiger partial charge in [-0.25, -0.2) is 9.50 Å². The van der Waals surface area contributed by atoms with Gasteiger partial charge >= 0.3 is 0 Å². The molecule has 11 heteroatoms. The summed E-state index contributed by atoms with van der Waals surface area (Å²) < 4.78 is 4.66. The number of rotatable bonds is 6. The van der Waals surface area contributed by atoms with Crippen LogP contribution >= 0.6 is 0 Å². The number of carbonyl (C=O) groups excluding carboxylic acids is 2. The molecule has 0 aliphatic carbocycles. The van der Waals surface area contributed by atoms with Crippen molar-refractivity contribution in [3.8, 4) is 5.69 Å². The monoisotopic (exact) mass is 546 g/mol. The second-order valence-electron chi connectivity index (χ2n) is 9.72. The van der Waals surface area contributed by atoms with E-state index < -0.39 is 6.04 Å². The quantitative estimate of drug-likeness (QED) is 0.327. The number of pyridine rings is 1. The van der Waals surface area contributed by atoms with Crippen LogP contribution in [0.5, 0.6) is 0 Å². The normalized spacial score (nSPS) is 12.0. The average molecular weight is 547 g/mol. The molecule has 204 valence electrons. The first-order valence-electron chi connectivity index (χ1n) is 13.0. The summed E-state index contributed by atoms with van der Waals surface area (Å²) in [6.07, 6.45) is 6.41. The third kappa shape index (κ3) is 4.63. The summed E-state index contributed by atoms with van der Waals surface area (Å²) in [5.74, 6) is -0.730. The third-order valence-electron chi connectivity index (χ3n) is 6.89. The molecule has 0 radical (unpaired) electrons. The summed E-state index contributed by atoms with van der Waals surface area (Å²) >= 11 is 0. The molecule has 2 aromatic carbocycles. The first kappa shape index (κ1) is 25.7. The molecule has 41 heavy (non-hydrogen) atoms. The highest BCUT2D eigenvalue weighted by molar-refractivity contribution is 6.09. The summed E-state index contributed by atoms with van der Waals surface area (Å²) in [7, 11) is 1.72. The van der Waals surface area contributed by atoms with Crippen molar-refractivity contribution in [2.45, 2.75) is 19.9 Å². The molecule has 4 heterocycles. The molecule has 0 aliphatic rings. The lowest BCUT2D eigenvalue weighted by Crippen LogP contribution is -2.32. The van der Waals surface area contributed by atoms with Crippen LogP contribution in [-0.4, -0.2) is 40.8 Å². The van der Waals surface area contributed by atoms with Crippen molar-refractivity contribution in [1.82, 2.24) is 34.3 Å². The fraction of sp³-hybridized carbons (Fsp3) is 0.133. The van der Waals surface area contributed by atoms with Crippen LogP contribution in [-0.2, 0) is 7.05 Å². The lowest BCUT2D eigenvalue weighted by Gasteiger charge is -2.21. The zero-order chi connectivity index (χ0) is 28.7. The summed E-state index contributed by atoms with van der Waals surface area (Å²) in [4.78, 5) is 44.9. The van der Waals surface area contributed by atoms with Gasteiger partial charge in [-0.05, 0) is 49.6 Å². The first-order valence-corrected chi connectivity index (χ1v) is 13.0. The van der Waals surface area contributed by atoms with E-state index in [0.29, 0.717) is 50.3 Å². The van der Waals surface area contributed by atoms with E-state index in [2.05, 4.69) is 25.8 Å². The van der Waals surface area contributed by atoms with E-state index in [9.17, 15) is 14.4 Å². The fourth-order valence-electron chi connectivity index (χ4n) is 4.99. The second kappa shape index (κ2) is 10.2. The highest BCUT2D eigenvalue weighted by atomic mass is 16.2. The van der Waals surface area contributed by atoms with Crippen molar-refractivity contribution in [2.75, 3.05) is 5.32 Å². The maximum absolute atomic E-state index is 14.2. The molecular weight excluding hydrogens is 520 g/mol. The number of nitrogens with zero attached hydrogens (tertiary/aromatic N) is 6. The lowest BCUT2D eigenvalue weighted by molar-refractivity contribution is 0.0938. The van der Waals surface area contributed by atoms with Gasteiger partial charge in [-0.2, -0.15) is 10.2 Å². The van der Waals surface area contributed by atoms with Crippen molar-refractivity contribution >= 4 is 33.9 Å². The number of hydrogen-bond donors (Lipinski definition) is 2. The molecule has 0 bridgehead atoms. The molecule has 2 amide bonds.